The minimum absolute atomic E-state index is 0.240. The summed E-state index contributed by atoms with van der Waals surface area (Å²) in [6, 6.07) is 15.3. The van der Waals surface area contributed by atoms with E-state index in [1.54, 1.807) is 24.4 Å². The normalized spacial score (nSPS) is 10.6. The standard InChI is InChI=1S/C21H18ClFN2O/c1-2-6-14-7-3-4-9-19(14)25-21(26)15-10-11-16(18(23)13-15)20-17(22)8-5-12-24-20/h3-5,7-13H,2,6H2,1H3,(H,25,26). The van der Waals surface area contributed by atoms with E-state index in [1.807, 2.05) is 24.3 Å². The van der Waals surface area contributed by atoms with Gasteiger partial charge in [0.25, 0.3) is 5.91 Å². The maximum Gasteiger partial charge on any atom is 0.255 e. The van der Waals surface area contributed by atoms with Gasteiger partial charge in [-0.05, 0) is 48.4 Å². The van der Waals surface area contributed by atoms with E-state index in [2.05, 4.69) is 17.2 Å². The van der Waals surface area contributed by atoms with Crippen molar-refractivity contribution in [3.8, 4) is 11.3 Å². The van der Waals surface area contributed by atoms with Gasteiger partial charge in [0.1, 0.15) is 5.82 Å². The van der Waals surface area contributed by atoms with Gasteiger partial charge in [-0.3, -0.25) is 9.78 Å². The van der Waals surface area contributed by atoms with Gasteiger partial charge in [0.2, 0.25) is 0 Å². The summed E-state index contributed by atoms with van der Waals surface area (Å²) in [6.45, 7) is 2.08. The zero-order valence-electron chi connectivity index (χ0n) is 14.3. The molecule has 0 fully saturated rings. The lowest BCUT2D eigenvalue weighted by atomic mass is 10.1. The summed E-state index contributed by atoms with van der Waals surface area (Å²) in [5, 5.41) is 3.22. The van der Waals surface area contributed by atoms with Crippen LogP contribution in [0.5, 0.6) is 0 Å². The van der Waals surface area contributed by atoms with Crippen molar-refractivity contribution in [2.45, 2.75) is 19.8 Å². The minimum Gasteiger partial charge on any atom is -0.322 e. The fraction of sp³-hybridized carbons (Fsp3) is 0.143. The number of pyridine rings is 1. The zero-order chi connectivity index (χ0) is 18.5. The van der Waals surface area contributed by atoms with Crippen molar-refractivity contribution in [2.75, 3.05) is 5.32 Å². The largest absolute Gasteiger partial charge is 0.322 e. The van der Waals surface area contributed by atoms with E-state index in [9.17, 15) is 9.18 Å². The Morgan fingerprint density at radius 1 is 1.15 bits per heavy atom. The van der Waals surface area contributed by atoms with Gasteiger partial charge in [-0.25, -0.2) is 4.39 Å². The first kappa shape index (κ1) is 18.1. The van der Waals surface area contributed by atoms with E-state index < -0.39 is 5.82 Å². The minimum atomic E-state index is -0.542. The lowest BCUT2D eigenvalue weighted by molar-refractivity contribution is 0.102. The average Bonchev–Trinajstić information content (AvgIpc) is 2.64. The van der Waals surface area contributed by atoms with Crippen molar-refractivity contribution in [3.63, 3.8) is 0 Å². The Balaban J connectivity index is 1.86. The summed E-state index contributed by atoms with van der Waals surface area (Å²) < 4.78 is 14.5. The number of carbonyl (C=O) groups excluding carboxylic acids is 1. The van der Waals surface area contributed by atoms with Crippen molar-refractivity contribution >= 4 is 23.2 Å². The molecule has 0 aliphatic rings. The Hall–Kier alpha value is -2.72. The van der Waals surface area contributed by atoms with E-state index >= 15 is 0 Å². The molecule has 0 aliphatic carbocycles. The molecule has 1 amide bonds. The molecule has 1 heterocycles. The smallest absolute Gasteiger partial charge is 0.255 e. The van der Waals surface area contributed by atoms with Gasteiger partial charge in [-0.1, -0.05) is 43.1 Å². The van der Waals surface area contributed by atoms with Crippen LogP contribution in [0.1, 0.15) is 29.3 Å². The Morgan fingerprint density at radius 2 is 1.96 bits per heavy atom. The predicted octanol–water partition coefficient (Wildman–Crippen LogP) is 5.75. The number of aromatic nitrogens is 1. The third-order valence-corrected chi connectivity index (χ3v) is 4.33. The fourth-order valence-electron chi connectivity index (χ4n) is 2.76. The van der Waals surface area contributed by atoms with E-state index in [0.717, 1.165) is 24.1 Å². The van der Waals surface area contributed by atoms with Crippen LogP contribution in [-0.2, 0) is 6.42 Å². The van der Waals surface area contributed by atoms with Crippen LogP contribution in [-0.4, -0.2) is 10.9 Å². The second-order valence-corrected chi connectivity index (χ2v) is 6.30. The number of anilines is 1. The highest BCUT2D eigenvalue weighted by molar-refractivity contribution is 6.33. The molecule has 132 valence electrons. The molecular formula is C21H18ClFN2O. The second kappa shape index (κ2) is 8.11. The van der Waals surface area contributed by atoms with Crippen LogP contribution in [0.3, 0.4) is 0 Å². The monoisotopic (exact) mass is 368 g/mol. The number of benzene rings is 2. The first-order valence-electron chi connectivity index (χ1n) is 8.40. The molecule has 3 aromatic rings. The molecule has 2 aromatic carbocycles. The maximum absolute atomic E-state index is 14.5. The zero-order valence-corrected chi connectivity index (χ0v) is 15.1. The Bertz CT molecular complexity index is 943. The number of carbonyl (C=O) groups is 1. The van der Waals surface area contributed by atoms with Crippen LogP contribution < -0.4 is 5.32 Å². The molecular weight excluding hydrogens is 351 g/mol. The lowest BCUT2D eigenvalue weighted by Crippen LogP contribution is -2.13. The first-order valence-corrected chi connectivity index (χ1v) is 8.77. The topological polar surface area (TPSA) is 42.0 Å². The molecule has 0 spiro atoms. The molecule has 0 bridgehead atoms. The van der Waals surface area contributed by atoms with Gasteiger partial charge >= 0.3 is 0 Å². The molecule has 3 nitrogen and oxygen atoms in total. The molecule has 0 aliphatic heterocycles. The number of hydrogen-bond acceptors (Lipinski definition) is 2. The summed E-state index contributed by atoms with van der Waals surface area (Å²) in [5.74, 6) is -0.897. The third kappa shape index (κ3) is 3.92. The van der Waals surface area contributed by atoms with Gasteiger partial charge in [0.05, 0.1) is 10.7 Å². The highest BCUT2D eigenvalue weighted by atomic mass is 35.5. The van der Waals surface area contributed by atoms with Crippen LogP contribution in [0.4, 0.5) is 10.1 Å². The van der Waals surface area contributed by atoms with Crippen LogP contribution in [0, 0.1) is 5.82 Å². The third-order valence-electron chi connectivity index (χ3n) is 4.03. The van der Waals surface area contributed by atoms with Gasteiger partial charge < -0.3 is 5.32 Å². The van der Waals surface area contributed by atoms with Crippen molar-refractivity contribution in [1.82, 2.24) is 4.98 Å². The Labute approximate surface area is 156 Å². The summed E-state index contributed by atoms with van der Waals surface area (Å²) in [6.07, 6.45) is 3.38. The number of amides is 1. The molecule has 0 atom stereocenters. The predicted molar refractivity (Wildman–Crippen MR) is 103 cm³/mol. The van der Waals surface area contributed by atoms with Crippen LogP contribution in [0.2, 0.25) is 5.02 Å². The van der Waals surface area contributed by atoms with E-state index in [0.29, 0.717) is 10.7 Å². The van der Waals surface area contributed by atoms with E-state index in [-0.39, 0.29) is 17.0 Å². The van der Waals surface area contributed by atoms with Gasteiger partial charge in [-0.15, -0.1) is 0 Å². The van der Waals surface area contributed by atoms with Crippen molar-refractivity contribution < 1.29 is 9.18 Å². The van der Waals surface area contributed by atoms with Crippen LogP contribution in [0.15, 0.2) is 60.8 Å². The molecule has 26 heavy (non-hydrogen) atoms. The number of hydrogen-bond donors (Lipinski definition) is 1. The number of nitrogens with one attached hydrogen (secondary N) is 1. The van der Waals surface area contributed by atoms with Crippen molar-refractivity contribution in [1.29, 1.82) is 0 Å². The molecule has 0 saturated heterocycles. The molecule has 1 N–H and O–H groups in total. The maximum atomic E-state index is 14.5. The summed E-state index contributed by atoms with van der Waals surface area (Å²) >= 11 is 6.08. The number of para-hydroxylation sites is 1. The highest BCUT2D eigenvalue weighted by Gasteiger charge is 2.14. The lowest BCUT2D eigenvalue weighted by Gasteiger charge is -2.11. The van der Waals surface area contributed by atoms with E-state index in [4.69, 9.17) is 11.6 Å². The Morgan fingerprint density at radius 3 is 2.69 bits per heavy atom. The molecule has 1 aromatic heterocycles. The number of aryl methyl sites for hydroxylation is 1. The first-order chi connectivity index (χ1) is 12.6. The van der Waals surface area contributed by atoms with Crippen LogP contribution >= 0.6 is 11.6 Å². The fourth-order valence-corrected chi connectivity index (χ4v) is 2.98. The molecule has 3 rings (SSSR count). The summed E-state index contributed by atoms with van der Waals surface area (Å²) in [7, 11) is 0. The molecule has 5 heteroatoms. The number of rotatable bonds is 5. The van der Waals surface area contributed by atoms with Gasteiger partial charge in [0.15, 0.2) is 0 Å². The molecule has 0 unspecified atom stereocenters. The number of halogens is 2. The summed E-state index contributed by atoms with van der Waals surface area (Å²) in [5.41, 5.74) is 2.66. The van der Waals surface area contributed by atoms with Gasteiger partial charge in [-0.2, -0.15) is 0 Å². The van der Waals surface area contributed by atoms with Crippen molar-refractivity contribution in [3.05, 3.63) is 82.8 Å². The highest BCUT2D eigenvalue weighted by Crippen LogP contribution is 2.28. The van der Waals surface area contributed by atoms with Crippen molar-refractivity contribution in [2.24, 2.45) is 0 Å². The average molecular weight is 369 g/mol. The SMILES string of the molecule is CCCc1ccccc1NC(=O)c1ccc(-c2ncccc2Cl)c(F)c1. The summed E-state index contributed by atoms with van der Waals surface area (Å²) in [4.78, 5) is 16.6. The molecule has 0 saturated carbocycles. The van der Waals surface area contributed by atoms with Gasteiger partial charge in [0, 0.05) is 23.0 Å². The molecule has 0 radical (unpaired) electrons. The number of nitrogens with zero attached hydrogens (tertiary/aromatic N) is 1. The quantitative estimate of drug-likeness (QED) is 0.623. The van der Waals surface area contributed by atoms with E-state index in [1.165, 1.54) is 12.1 Å². The second-order valence-electron chi connectivity index (χ2n) is 5.89. The Kier molecular flexibility index (Phi) is 5.64. The van der Waals surface area contributed by atoms with Crippen LogP contribution in [0.25, 0.3) is 11.3 Å².